The van der Waals surface area contributed by atoms with Crippen LogP contribution in [-0.4, -0.2) is 55.3 Å². The number of aromatic nitrogens is 5. The molecular weight excluding hydrogens is 392 g/mol. The number of aliphatic hydroxyl groups excluding tert-OH is 1. The monoisotopic (exact) mass is 427 g/mol. The van der Waals surface area contributed by atoms with Crippen LogP contribution in [0.2, 0.25) is 0 Å². The third kappa shape index (κ3) is 4.06. The second-order valence-electron chi connectivity index (χ2n) is 9.02. The van der Waals surface area contributed by atoms with Gasteiger partial charge in [0, 0.05) is 42.0 Å². The molecule has 0 spiro atoms. The van der Waals surface area contributed by atoms with Gasteiger partial charge in [0.15, 0.2) is 0 Å². The topological polar surface area (TPSA) is 89.5 Å². The summed E-state index contributed by atoms with van der Waals surface area (Å²) in [6.07, 6.45) is 12.6. The first-order chi connectivity index (χ1) is 16.3. The summed E-state index contributed by atoms with van der Waals surface area (Å²) in [4.78, 5) is 4.51. The largest absolute Gasteiger partial charge is 0.393 e. The second kappa shape index (κ2) is 8.59. The van der Waals surface area contributed by atoms with Crippen LogP contribution in [0.5, 0.6) is 0 Å². The Morgan fingerprint density at radius 1 is 1.26 bits per heavy atom. The second-order valence-corrected chi connectivity index (χ2v) is 9.02. The van der Waals surface area contributed by atoms with Crippen LogP contribution in [0.4, 0.5) is 5.95 Å². The molecule has 1 atom stereocenters. The van der Waals surface area contributed by atoms with E-state index < -0.39 is 7.04 Å². The van der Waals surface area contributed by atoms with Crippen molar-refractivity contribution in [1.82, 2.24) is 24.4 Å². The van der Waals surface area contributed by atoms with Gasteiger partial charge in [-0.1, -0.05) is 0 Å². The van der Waals surface area contributed by atoms with E-state index in [4.69, 9.17) is 13.9 Å². The molecule has 2 aliphatic carbocycles. The fourth-order valence-corrected chi connectivity index (χ4v) is 4.69. The standard InChI is InChI=1S/C23H32N6O2/c1-15(14-31-2)26-23-24-12-22-20(17-11-25-28(13-17)18-4-3-5-18)10-21(29(22)27-23)16-6-8-19(30)9-7-16/h10-13,15-16,18-19,30H,3-9,14H2,1-2H3,(H,26,27)/t15-,16?,19?/m0/s1/i2D3. The number of nitrogens with zero attached hydrogens (tertiary/aromatic N) is 5. The summed E-state index contributed by atoms with van der Waals surface area (Å²) in [7, 11) is -2.43. The number of fused-ring (bicyclic) bond motifs is 1. The Labute approximate surface area is 186 Å². The van der Waals surface area contributed by atoms with Crippen LogP contribution in [-0.2, 0) is 4.74 Å². The predicted molar refractivity (Wildman–Crippen MR) is 119 cm³/mol. The van der Waals surface area contributed by atoms with E-state index in [2.05, 4.69) is 32.3 Å². The summed E-state index contributed by atoms with van der Waals surface area (Å²) in [6, 6.07) is 2.41. The number of rotatable bonds is 7. The highest BCUT2D eigenvalue weighted by Crippen LogP contribution is 2.38. The zero-order chi connectivity index (χ0) is 23.9. The Kier molecular flexibility index (Phi) is 4.75. The fraction of sp³-hybridized carbons (Fsp3) is 0.609. The normalized spacial score (nSPS) is 24.9. The van der Waals surface area contributed by atoms with E-state index in [9.17, 15) is 5.11 Å². The first-order valence-corrected chi connectivity index (χ1v) is 11.3. The lowest BCUT2D eigenvalue weighted by Crippen LogP contribution is -2.23. The van der Waals surface area contributed by atoms with Crippen molar-refractivity contribution in [3.8, 4) is 11.1 Å². The van der Waals surface area contributed by atoms with Gasteiger partial charge in [0.1, 0.15) is 0 Å². The van der Waals surface area contributed by atoms with E-state index in [0.717, 1.165) is 48.0 Å². The summed E-state index contributed by atoms with van der Waals surface area (Å²) in [5.74, 6) is 0.712. The van der Waals surface area contributed by atoms with Crippen molar-refractivity contribution in [2.75, 3.05) is 19.0 Å². The SMILES string of the molecule is [2H]C([2H])([2H])OC[C@H](C)Nc1ncc2c(-c3cnn(C4CCC4)c3)cc(C3CCC(O)CC3)n2n1. The molecule has 0 bridgehead atoms. The highest BCUT2D eigenvalue weighted by Gasteiger charge is 2.26. The zero-order valence-corrected chi connectivity index (χ0v) is 17.9. The maximum atomic E-state index is 10.00. The summed E-state index contributed by atoms with van der Waals surface area (Å²) in [5.41, 5.74) is 4.11. The molecule has 0 unspecified atom stereocenters. The first kappa shape index (κ1) is 17.1. The van der Waals surface area contributed by atoms with Crippen LogP contribution in [0.1, 0.15) is 73.6 Å². The number of ether oxygens (including phenoxy) is 1. The van der Waals surface area contributed by atoms with Crippen LogP contribution in [0.15, 0.2) is 24.7 Å². The van der Waals surface area contributed by atoms with E-state index in [-0.39, 0.29) is 18.8 Å². The minimum absolute atomic E-state index is 0.0164. The fourth-order valence-electron chi connectivity index (χ4n) is 4.69. The van der Waals surface area contributed by atoms with E-state index in [1.54, 1.807) is 0 Å². The van der Waals surface area contributed by atoms with Crippen molar-refractivity contribution in [2.45, 2.75) is 76.0 Å². The highest BCUT2D eigenvalue weighted by molar-refractivity contribution is 5.81. The maximum absolute atomic E-state index is 10.00. The Hall–Kier alpha value is -2.45. The predicted octanol–water partition coefficient (Wildman–Crippen LogP) is 3.78. The lowest BCUT2D eigenvalue weighted by molar-refractivity contribution is 0.121. The molecule has 8 heteroatoms. The number of aliphatic hydroxyl groups is 1. The quantitative estimate of drug-likeness (QED) is 0.596. The Balaban J connectivity index is 1.46. The molecule has 166 valence electrons. The molecule has 3 aromatic heterocycles. The van der Waals surface area contributed by atoms with Gasteiger partial charge >= 0.3 is 0 Å². The van der Waals surface area contributed by atoms with Crippen LogP contribution >= 0.6 is 0 Å². The van der Waals surface area contributed by atoms with E-state index in [0.29, 0.717) is 17.9 Å². The zero-order valence-electron chi connectivity index (χ0n) is 20.9. The van der Waals surface area contributed by atoms with Crippen molar-refractivity contribution in [3.05, 3.63) is 30.4 Å². The Morgan fingerprint density at radius 3 is 2.84 bits per heavy atom. The Morgan fingerprint density at radius 2 is 2.10 bits per heavy atom. The van der Waals surface area contributed by atoms with Gasteiger partial charge in [-0.25, -0.2) is 9.50 Å². The van der Waals surface area contributed by atoms with Gasteiger partial charge in [0.05, 0.1) is 40.8 Å². The molecule has 0 amide bonds. The summed E-state index contributed by atoms with van der Waals surface area (Å²) in [6.45, 7) is 1.85. The van der Waals surface area contributed by atoms with Gasteiger partial charge in [-0.2, -0.15) is 5.10 Å². The average molecular weight is 428 g/mol. The summed E-state index contributed by atoms with van der Waals surface area (Å²) >= 11 is 0. The molecular formula is C23H32N6O2. The van der Waals surface area contributed by atoms with Crippen LogP contribution in [0.3, 0.4) is 0 Å². The van der Waals surface area contributed by atoms with Gasteiger partial charge in [-0.3, -0.25) is 4.68 Å². The van der Waals surface area contributed by atoms with Crippen molar-refractivity contribution in [3.63, 3.8) is 0 Å². The van der Waals surface area contributed by atoms with Gasteiger partial charge in [0.2, 0.25) is 5.95 Å². The molecule has 0 aliphatic heterocycles. The van der Waals surface area contributed by atoms with E-state index >= 15 is 0 Å². The minimum atomic E-state index is -2.43. The minimum Gasteiger partial charge on any atom is -0.393 e. The van der Waals surface area contributed by atoms with Crippen LogP contribution in [0.25, 0.3) is 16.6 Å². The third-order valence-corrected chi connectivity index (χ3v) is 6.73. The number of anilines is 1. The van der Waals surface area contributed by atoms with E-state index in [1.807, 2.05) is 23.8 Å². The Bertz CT molecular complexity index is 1130. The maximum Gasteiger partial charge on any atom is 0.241 e. The van der Waals surface area contributed by atoms with Crippen molar-refractivity contribution >= 4 is 11.5 Å². The molecule has 2 saturated carbocycles. The van der Waals surface area contributed by atoms with Crippen molar-refractivity contribution < 1.29 is 14.0 Å². The van der Waals surface area contributed by atoms with Gasteiger partial charge in [-0.05, 0) is 57.9 Å². The number of methoxy groups -OCH3 is 1. The summed E-state index contributed by atoms with van der Waals surface area (Å²) < 4.78 is 30.6. The molecule has 0 aromatic carbocycles. The molecule has 2 N–H and O–H groups in total. The molecule has 0 saturated heterocycles. The molecule has 31 heavy (non-hydrogen) atoms. The molecule has 2 fully saturated rings. The van der Waals surface area contributed by atoms with Gasteiger partial charge in [0.25, 0.3) is 0 Å². The van der Waals surface area contributed by atoms with Crippen molar-refractivity contribution in [1.29, 1.82) is 0 Å². The highest BCUT2D eigenvalue weighted by atomic mass is 16.5. The van der Waals surface area contributed by atoms with E-state index in [1.165, 1.54) is 19.3 Å². The molecule has 3 aromatic rings. The first-order valence-electron chi connectivity index (χ1n) is 12.8. The number of nitrogens with one attached hydrogen (secondary N) is 1. The third-order valence-electron chi connectivity index (χ3n) is 6.73. The number of hydrogen-bond donors (Lipinski definition) is 2. The van der Waals surface area contributed by atoms with Crippen LogP contribution < -0.4 is 5.32 Å². The average Bonchev–Trinajstić information content (AvgIpc) is 3.36. The lowest BCUT2D eigenvalue weighted by atomic mass is 9.85. The van der Waals surface area contributed by atoms with Gasteiger partial charge < -0.3 is 15.2 Å². The molecule has 2 aliphatic rings. The van der Waals surface area contributed by atoms with Crippen molar-refractivity contribution in [2.24, 2.45) is 0 Å². The molecule has 0 radical (unpaired) electrons. The number of hydrogen-bond acceptors (Lipinski definition) is 6. The molecule has 5 rings (SSSR count). The molecule has 3 heterocycles. The van der Waals surface area contributed by atoms with Crippen LogP contribution in [0, 0.1) is 0 Å². The summed E-state index contributed by atoms with van der Waals surface area (Å²) in [5, 5.41) is 22.5. The van der Waals surface area contributed by atoms with Gasteiger partial charge in [-0.15, -0.1) is 5.10 Å². The lowest BCUT2D eigenvalue weighted by Gasteiger charge is -2.25. The smallest absolute Gasteiger partial charge is 0.241 e. The molecule has 8 nitrogen and oxygen atoms in total.